The summed E-state index contributed by atoms with van der Waals surface area (Å²) >= 11 is 6.05. The van der Waals surface area contributed by atoms with Crippen molar-refractivity contribution >= 4 is 17.6 Å². The second-order valence-corrected chi connectivity index (χ2v) is 7.81. The maximum Gasteiger partial charge on any atom is 0.347 e. The van der Waals surface area contributed by atoms with Gasteiger partial charge in [0.25, 0.3) is 0 Å². The highest BCUT2D eigenvalue weighted by Crippen LogP contribution is 2.25. The predicted octanol–water partition coefficient (Wildman–Crippen LogP) is 3.10. The second kappa shape index (κ2) is 6.87. The van der Waals surface area contributed by atoms with Gasteiger partial charge in [0.2, 0.25) is 0 Å². The summed E-state index contributed by atoms with van der Waals surface area (Å²) in [5.41, 5.74) is -0.439. The van der Waals surface area contributed by atoms with Gasteiger partial charge in [-0.3, -0.25) is 4.57 Å². The van der Waals surface area contributed by atoms with Gasteiger partial charge in [0.15, 0.2) is 0 Å². The van der Waals surface area contributed by atoms with E-state index >= 15 is 0 Å². The minimum atomic E-state index is -0.678. The number of aryl methyl sites for hydroxylation is 1. The number of halogens is 2. The molecule has 0 saturated heterocycles. The van der Waals surface area contributed by atoms with Crippen LogP contribution in [-0.4, -0.2) is 25.9 Å². The highest BCUT2D eigenvalue weighted by Gasteiger charge is 2.33. The SMILES string of the molecule is CC(C)(C)OC(=O)[C@@H]1CCCc2nn(Cc3ccc(F)cc3Cl)c(=O)n21. The van der Waals surface area contributed by atoms with Crippen LogP contribution in [0.1, 0.15) is 51.0 Å². The van der Waals surface area contributed by atoms with Crippen LogP contribution in [0.15, 0.2) is 23.0 Å². The number of ether oxygens (including phenoxy) is 1. The number of fused-ring (bicyclic) bond motifs is 1. The zero-order valence-corrected chi connectivity index (χ0v) is 15.7. The van der Waals surface area contributed by atoms with Gasteiger partial charge in [-0.1, -0.05) is 17.7 Å². The molecule has 0 spiro atoms. The molecule has 1 aromatic carbocycles. The van der Waals surface area contributed by atoms with Gasteiger partial charge in [-0.05, 0) is 51.3 Å². The van der Waals surface area contributed by atoms with Gasteiger partial charge in [-0.15, -0.1) is 0 Å². The van der Waals surface area contributed by atoms with Gasteiger partial charge in [-0.2, -0.15) is 5.10 Å². The Morgan fingerprint density at radius 3 is 2.81 bits per heavy atom. The lowest BCUT2D eigenvalue weighted by Gasteiger charge is -2.26. The third-order valence-corrected chi connectivity index (χ3v) is 4.50. The van der Waals surface area contributed by atoms with Crippen LogP contribution in [0, 0.1) is 5.82 Å². The first-order valence-corrected chi connectivity index (χ1v) is 8.88. The van der Waals surface area contributed by atoms with Gasteiger partial charge in [0, 0.05) is 11.4 Å². The number of esters is 1. The predicted molar refractivity (Wildman–Crippen MR) is 94.8 cm³/mol. The number of carbonyl (C=O) groups is 1. The van der Waals surface area contributed by atoms with Crippen molar-refractivity contribution < 1.29 is 13.9 Å². The summed E-state index contributed by atoms with van der Waals surface area (Å²) in [6, 6.07) is 3.32. The standard InChI is InChI=1S/C18H21ClFN3O3/c1-18(2,3)26-16(24)14-5-4-6-15-21-22(17(25)23(14)15)10-11-7-8-12(20)9-13(11)19/h7-9,14H,4-6,10H2,1-3H3/t14-/m0/s1. The zero-order valence-electron chi connectivity index (χ0n) is 15.0. The van der Waals surface area contributed by atoms with Gasteiger partial charge >= 0.3 is 11.7 Å². The average Bonchev–Trinajstić information content (AvgIpc) is 2.85. The van der Waals surface area contributed by atoms with Gasteiger partial charge in [0.1, 0.15) is 23.3 Å². The van der Waals surface area contributed by atoms with Gasteiger partial charge in [-0.25, -0.2) is 18.7 Å². The Labute approximate surface area is 155 Å². The Morgan fingerprint density at radius 2 is 2.15 bits per heavy atom. The Bertz CT molecular complexity index is 898. The van der Waals surface area contributed by atoms with Crippen molar-refractivity contribution in [2.45, 2.75) is 58.2 Å². The van der Waals surface area contributed by atoms with Crippen molar-refractivity contribution in [1.29, 1.82) is 0 Å². The lowest BCUT2D eigenvalue weighted by molar-refractivity contribution is -0.159. The largest absolute Gasteiger partial charge is 0.458 e. The van der Waals surface area contributed by atoms with Crippen molar-refractivity contribution in [3.8, 4) is 0 Å². The summed E-state index contributed by atoms with van der Waals surface area (Å²) < 4.78 is 21.3. The molecule has 1 aliphatic rings. The van der Waals surface area contributed by atoms with Crippen molar-refractivity contribution in [3.63, 3.8) is 0 Å². The lowest BCUT2D eigenvalue weighted by atomic mass is 10.0. The van der Waals surface area contributed by atoms with E-state index in [4.69, 9.17) is 16.3 Å². The first-order valence-electron chi connectivity index (χ1n) is 8.51. The molecular formula is C18H21ClFN3O3. The molecule has 26 heavy (non-hydrogen) atoms. The van der Waals surface area contributed by atoms with E-state index < -0.39 is 29.1 Å². The molecule has 8 heteroatoms. The Kier molecular flexibility index (Phi) is 4.92. The number of aromatic nitrogens is 3. The molecule has 1 aliphatic heterocycles. The number of rotatable bonds is 3. The molecule has 0 aliphatic carbocycles. The van der Waals surface area contributed by atoms with Crippen molar-refractivity contribution in [3.05, 3.63) is 50.9 Å². The smallest absolute Gasteiger partial charge is 0.347 e. The molecule has 0 amide bonds. The normalized spacial score (nSPS) is 17.0. The first-order chi connectivity index (χ1) is 12.2. The average molecular weight is 382 g/mol. The van der Waals surface area contributed by atoms with Gasteiger partial charge < -0.3 is 4.74 Å². The third-order valence-electron chi connectivity index (χ3n) is 4.14. The fourth-order valence-corrected chi connectivity index (χ4v) is 3.27. The quantitative estimate of drug-likeness (QED) is 0.766. The van der Waals surface area contributed by atoms with Crippen LogP contribution in [0.25, 0.3) is 0 Å². The number of benzene rings is 1. The van der Waals surface area contributed by atoms with E-state index in [9.17, 15) is 14.0 Å². The summed E-state index contributed by atoms with van der Waals surface area (Å²) in [5.74, 6) is -0.324. The highest BCUT2D eigenvalue weighted by molar-refractivity contribution is 6.31. The van der Waals surface area contributed by atoms with Crippen molar-refractivity contribution in [2.24, 2.45) is 0 Å². The van der Waals surface area contributed by atoms with E-state index in [1.54, 1.807) is 20.8 Å². The van der Waals surface area contributed by atoms with Crippen LogP contribution in [0.5, 0.6) is 0 Å². The maximum absolute atomic E-state index is 13.2. The fourth-order valence-electron chi connectivity index (χ4n) is 3.04. The summed E-state index contributed by atoms with van der Waals surface area (Å²) in [4.78, 5) is 25.3. The second-order valence-electron chi connectivity index (χ2n) is 7.40. The summed E-state index contributed by atoms with van der Waals surface area (Å²) in [5, 5.41) is 4.57. The van der Waals surface area contributed by atoms with E-state index in [1.807, 2.05) is 0 Å². The zero-order chi connectivity index (χ0) is 19.1. The topological polar surface area (TPSA) is 66.1 Å². The van der Waals surface area contributed by atoms with E-state index in [1.165, 1.54) is 27.4 Å². The van der Waals surface area contributed by atoms with Crippen LogP contribution in [0.2, 0.25) is 5.02 Å². The Morgan fingerprint density at radius 1 is 1.42 bits per heavy atom. The van der Waals surface area contributed by atoms with Crippen LogP contribution < -0.4 is 5.69 Å². The maximum atomic E-state index is 13.2. The Balaban J connectivity index is 1.92. The van der Waals surface area contributed by atoms with Crippen LogP contribution >= 0.6 is 11.6 Å². The van der Waals surface area contributed by atoms with Crippen molar-refractivity contribution in [2.75, 3.05) is 0 Å². The molecule has 3 rings (SSSR count). The van der Waals surface area contributed by atoms with Crippen LogP contribution in [0.4, 0.5) is 4.39 Å². The monoisotopic (exact) mass is 381 g/mol. The molecule has 2 aromatic rings. The number of nitrogens with zero attached hydrogens (tertiary/aromatic N) is 3. The molecule has 0 fully saturated rings. The summed E-state index contributed by atoms with van der Waals surface area (Å²) in [6.07, 6.45) is 1.89. The molecular weight excluding hydrogens is 361 g/mol. The van der Waals surface area contributed by atoms with E-state index in [-0.39, 0.29) is 11.6 Å². The molecule has 1 aromatic heterocycles. The number of hydrogen-bond donors (Lipinski definition) is 0. The van der Waals surface area contributed by atoms with Crippen LogP contribution in [-0.2, 0) is 22.5 Å². The molecule has 0 bridgehead atoms. The summed E-state index contributed by atoms with van der Waals surface area (Å²) in [6.45, 7) is 5.48. The third kappa shape index (κ3) is 3.82. The molecule has 6 nitrogen and oxygen atoms in total. The molecule has 0 radical (unpaired) electrons. The minimum absolute atomic E-state index is 0.110. The molecule has 0 saturated carbocycles. The number of hydrogen-bond acceptors (Lipinski definition) is 4. The van der Waals surface area contributed by atoms with E-state index in [2.05, 4.69) is 5.10 Å². The van der Waals surface area contributed by atoms with E-state index in [0.29, 0.717) is 24.2 Å². The first kappa shape index (κ1) is 18.6. The van der Waals surface area contributed by atoms with Crippen LogP contribution in [0.3, 0.4) is 0 Å². The van der Waals surface area contributed by atoms with Crippen molar-refractivity contribution in [1.82, 2.24) is 14.3 Å². The fraction of sp³-hybridized carbons (Fsp3) is 0.500. The van der Waals surface area contributed by atoms with Gasteiger partial charge in [0.05, 0.1) is 6.54 Å². The summed E-state index contributed by atoms with van der Waals surface area (Å²) in [7, 11) is 0. The minimum Gasteiger partial charge on any atom is -0.458 e. The molecule has 140 valence electrons. The molecule has 2 heterocycles. The Hall–Kier alpha value is -2.15. The number of carbonyl (C=O) groups excluding carboxylic acids is 1. The molecule has 1 atom stereocenters. The molecule has 0 N–H and O–H groups in total. The highest BCUT2D eigenvalue weighted by atomic mass is 35.5. The molecule has 0 unspecified atom stereocenters. The van der Waals surface area contributed by atoms with E-state index in [0.717, 1.165) is 6.42 Å². The lowest BCUT2D eigenvalue weighted by Crippen LogP contribution is -2.38.